The van der Waals surface area contributed by atoms with Gasteiger partial charge in [0, 0.05) is 11.1 Å². The molecule has 0 N–H and O–H groups in total. The maximum Gasteiger partial charge on any atom is 0.134 e. The Morgan fingerprint density at radius 3 is 2.32 bits per heavy atom. The predicted octanol–water partition coefficient (Wildman–Crippen LogP) is 6.33. The Bertz CT molecular complexity index is 799. The Hall–Kier alpha value is -1.60. The molecule has 25 heavy (non-hydrogen) atoms. The van der Waals surface area contributed by atoms with Crippen molar-refractivity contribution in [3.05, 3.63) is 68.6 Å². The van der Waals surface area contributed by atoms with E-state index in [1.807, 2.05) is 56.3 Å². The van der Waals surface area contributed by atoms with Crippen molar-refractivity contribution in [3.8, 4) is 23.3 Å². The first-order valence-electron chi connectivity index (χ1n) is 7.66. The summed E-state index contributed by atoms with van der Waals surface area (Å²) in [6.45, 7) is 4.30. The molecule has 130 valence electrons. The summed E-state index contributed by atoms with van der Waals surface area (Å²) in [4.78, 5) is 0. The second kappa shape index (κ2) is 9.77. The lowest BCUT2D eigenvalue weighted by molar-refractivity contribution is 0.242. The Balaban J connectivity index is 2.05. The van der Waals surface area contributed by atoms with Crippen LogP contribution in [0.25, 0.3) is 0 Å². The SMILES string of the molecule is CC(C)Oc1ccc(C#Cc2ccc(OCC=C(Cl)Cl)c(Br)c2)cc1. The fourth-order valence-corrected chi connectivity index (χ4v) is 2.54. The van der Waals surface area contributed by atoms with Crippen LogP contribution in [-0.4, -0.2) is 12.7 Å². The van der Waals surface area contributed by atoms with Gasteiger partial charge in [-0.2, -0.15) is 0 Å². The van der Waals surface area contributed by atoms with Crippen molar-refractivity contribution in [2.45, 2.75) is 20.0 Å². The van der Waals surface area contributed by atoms with Gasteiger partial charge in [0.25, 0.3) is 0 Å². The minimum absolute atomic E-state index is 0.158. The quantitative estimate of drug-likeness (QED) is 0.506. The molecule has 2 nitrogen and oxygen atoms in total. The number of hydrogen-bond donors (Lipinski definition) is 0. The minimum Gasteiger partial charge on any atom is -0.491 e. The Morgan fingerprint density at radius 2 is 1.72 bits per heavy atom. The van der Waals surface area contributed by atoms with Gasteiger partial charge in [-0.15, -0.1) is 0 Å². The maximum absolute atomic E-state index is 5.62. The highest BCUT2D eigenvalue weighted by Gasteiger charge is 2.01. The zero-order valence-electron chi connectivity index (χ0n) is 13.9. The minimum atomic E-state index is 0.158. The highest BCUT2D eigenvalue weighted by molar-refractivity contribution is 9.10. The summed E-state index contributed by atoms with van der Waals surface area (Å²) in [7, 11) is 0. The summed E-state index contributed by atoms with van der Waals surface area (Å²) in [6.07, 6.45) is 1.74. The van der Waals surface area contributed by atoms with E-state index >= 15 is 0 Å². The fraction of sp³-hybridized carbons (Fsp3) is 0.200. The van der Waals surface area contributed by atoms with E-state index < -0.39 is 0 Å². The second-order valence-corrected chi connectivity index (χ2v) is 7.25. The lowest BCUT2D eigenvalue weighted by Crippen LogP contribution is -2.05. The van der Waals surface area contributed by atoms with E-state index in [9.17, 15) is 0 Å². The molecule has 0 heterocycles. The Kier molecular flexibility index (Phi) is 7.71. The summed E-state index contributed by atoms with van der Waals surface area (Å²) in [6, 6.07) is 13.4. The van der Waals surface area contributed by atoms with Crippen molar-refractivity contribution in [1.29, 1.82) is 0 Å². The summed E-state index contributed by atoms with van der Waals surface area (Å²) >= 11 is 14.6. The third-order valence-electron chi connectivity index (χ3n) is 2.99. The molecule has 0 aliphatic rings. The normalized spacial score (nSPS) is 10.0. The van der Waals surface area contributed by atoms with Crippen molar-refractivity contribution in [2.75, 3.05) is 6.61 Å². The van der Waals surface area contributed by atoms with E-state index in [0.29, 0.717) is 12.4 Å². The van der Waals surface area contributed by atoms with Gasteiger partial charge in [-0.25, -0.2) is 0 Å². The topological polar surface area (TPSA) is 18.5 Å². The lowest BCUT2D eigenvalue weighted by atomic mass is 10.1. The van der Waals surface area contributed by atoms with Crippen LogP contribution >= 0.6 is 39.1 Å². The molecule has 0 bridgehead atoms. The van der Waals surface area contributed by atoms with Gasteiger partial charge >= 0.3 is 0 Å². The first kappa shape index (κ1) is 19.7. The highest BCUT2D eigenvalue weighted by atomic mass is 79.9. The molecule has 0 saturated heterocycles. The van der Waals surface area contributed by atoms with Crippen LogP contribution in [0.15, 0.2) is 57.5 Å². The molecule has 0 saturated carbocycles. The van der Waals surface area contributed by atoms with Crippen LogP contribution in [0.3, 0.4) is 0 Å². The van der Waals surface area contributed by atoms with Gasteiger partial charge in [0.05, 0.1) is 10.6 Å². The number of hydrogen-bond acceptors (Lipinski definition) is 2. The van der Waals surface area contributed by atoms with E-state index in [0.717, 1.165) is 21.3 Å². The van der Waals surface area contributed by atoms with Crippen LogP contribution in [0, 0.1) is 11.8 Å². The summed E-state index contributed by atoms with van der Waals surface area (Å²) < 4.78 is 12.2. The number of rotatable bonds is 5. The van der Waals surface area contributed by atoms with Crippen LogP contribution in [0.4, 0.5) is 0 Å². The monoisotopic (exact) mass is 438 g/mol. The molecule has 2 aromatic rings. The molecule has 0 aromatic heterocycles. The molecule has 0 unspecified atom stereocenters. The molecule has 0 fully saturated rings. The number of benzene rings is 2. The number of ether oxygens (including phenoxy) is 2. The maximum atomic E-state index is 5.62. The van der Waals surface area contributed by atoms with Crippen molar-refractivity contribution in [1.82, 2.24) is 0 Å². The van der Waals surface area contributed by atoms with E-state index in [1.54, 1.807) is 6.08 Å². The van der Waals surface area contributed by atoms with E-state index in [1.165, 1.54) is 0 Å². The molecule has 5 heteroatoms. The van der Waals surface area contributed by atoms with Gasteiger partial charge in [-0.3, -0.25) is 0 Å². The Labute approximate surface area is 166 Å². The van der Waals surface area contributed by atoms with Crippen LogP contribution in [-0.2, 0) is 0 Å². The highest BCUT2D eigenvalue weighted by Crippen LogP contribution is 2.26. The average molecular weight is 440 g/mol. The first-order chi connectivity index (χ1) is 11.9. The van der Waals surface area contributed by atoms with Crippen molar-refractivity contribution in [3.63, 3.8) is 0 Å². The molecule has 0 amide bonds. The first-order valence-corrected chi connectivity index (χ1v) is 9.21. The van der Waals surface area contributed by atoms with E-state index in [-0.39, 0.29) is 10.6 Å². The van der Waals surface area contributed by atoms with Crippen LogP contribution < -0.4 is 9.47 Å². The smallest absolute Gasteiger partial charge is 0.134 e. The third-order valence-corrected chi connectivity index (χ3v) is 3.91. The summed E-state index contributed by atoms with van der Waals surface area (Å²) in [5.74, 6) is 7.81. The zero-order valence-corrected chi connectivity index (χ0v) is 17.0. The molecule has 0 spiro atoms. The van der Waals surface area contributed by atoms with Gasteiger partial charge in [0.1, 0.15) is 22.6 Å². The summed E-state index contributed by atoms with van der Waals surface area (Å²) in [5.41, 5.74) is 1.81. The van der Waals surface area contributed by atoms with Crippen LogP contribution in [0.2, 0.25) is 0 Å². The molecule has 0 atom stereocenters. The third kappa shape index (κ3) is 7.04. The van der Waals surface area contributed by atoms with Gasteiger partial charge in [0.15, 0.2) is 0 Å². The average Bonchev–Trinajstić information content (AvgIpc) is 2.55. The molecule has 2 aromatic carbocycles. The fourth-order valence-electron chi connectivity index (χ4n) is 1.92. The van der Waals surface area contributed by atoms with E-state index in [4.69, 9.17) is 32.7 Å². The molecular formula is C20H17BrCl2O2. The zero-order chi connectivity index (χ0) is 18.2. The van der Waals surface area contributed by atoms with Crippen LogP contribution in [0.1, 0.15) is 25.0 Å². The molecule has 0 radical (unpaired) electrons. The predicted molar refractivity (Wildman–Crippen MR) is 108 cm³/mol. The van der Waals surface area contributed by atoms with Gasteiger partial charge < -0.3 is 9.47 Å². The van der Waals surface area contributed by atoms with Crippen molar-refractivity contribution >= 4 is 39.1 Å². The second-order valence-electron chi connectivity index (χ2n) is 5.39. The standard InChI is InChI=1S/C20H17BrCl2O2/c1-14(2)25-17-8-5-15(6-9-17)3-4-16-7-10-19(18(21)13-16)24-12-11-20(22)23/h5-11,13-14H,12H2,1-2H3. The molecule has 0 aliphatic heterocycles. The van der Waals surface area contributed by atoms with Gasteiger partial charge in [-0.1, -0.05) is 35.0 Å². The molecule has 0 aliphatic carbocycles. The van der Waals surface area contributed by atoms with Gasteiger partial charge in [-0.05, 0) is 78.3 Å². The summed E-state index contributed by atoms with van der Waals surface area (Å²) in [5, 5.41) is 0. The lowest BCUT2D eigenvalue weighted by Gasteiger charge is -2.08. The largest absolute Gasteiger partial charge is 0.491 e. The molecule has 2 rings (SSSR count). The van der Waals surface area contributed by atoms with Gasteiger partial charge in [0.2, 0.25) is 0 Å². The number of halogens is 3. The van der Waals surface area contributed by atoms with E-state index in [2.05, 4.69) is 27.8 Å². The Morgan fingerprint density at radius 1 is 1.08 bits per heavy atom. The van der Waals surface area contributed by atoms with Crippen molar-refractivity contribution in [2.24, 2.45) is 0 Å². The van der Waals surface area contributed by atoms with Crippen LogP contribution in [0.5, 0.6) is 11.5 Å². The van der Waals surface area contributed by atoms with Crippen molar-refractivity contribution < 1.29 is 9.47 Å². The molecular weight excluding hydrogens is 423 g/mol.